The molecule has 1 aromatic heterocycles. The fraction of sp³-hybridized carbons (Fsp3) is 0.867. The SMILES string of the molecule is COCCC1(c2nc(C3(N)CCCC3)no2)CCCC1.Cl. The molecule has 0 saturated heterocycles. The molecule has 2 fully saturated rings. The first-order valence-corrected chi connectivity index (χ1v) is 7.81. The van der Waals surface area contributed by atoms with E-state index < -0.39 is 0 Å². The molecule has 2 saturated carbocycles. The zero-order valence-electron chi connectivity index (χ0n) is 12.8. The number of methoxy groups -OCH3 is 1. The van der Waals surface area contributed by atoms with E-state index in [1.807, 2.05) is 0 Å². The third kappa shape index (κ3) is 3.10. The van der Waals surface area contributed by atoms with Crippen LogP contribution in [0, 0.1) is 0 Å². The monoisotopic (exact) mass is 315 g/mol. The van der Waals surface area contributed by atoms with Gasteiger partial charge in [0.1, 0.15) is 0 Å². The van der Waals surface area contributed by atoms with Gasteiger partial charge in [-0.1, -0.05) is 30.8 Å². The molecule has 0 unspecified atom stereocenters. The molecule has 0 bridgehead atoms. The van der Waals surface area contributed by atoms with Gasteiger partial charge in [-0.2, -0.15) is 4.98 Å². The lowest BCUT2D eigenvalue weighted by Crippen LogP contribution is -2.34. The fourth-order valence-electron chi connectivity index (χ4n) is 3.79. The van der Waals surface area contributed by atoms with Crippen LogP contribution in [0.25, 0.3) is 0 Å². The zero-order valence-corrected chi connectivity index (χ0v) is 13.6. The Bertz CT molecular complexity index is 452. The minimum Gasteiger partial charge on any atom is -0.385 e. The van der Waals surface area contributed by atoms with E-state index in [2.05, 4.69) is 5.16 Å². The third-order valence-corrected chi connectivity index (χ3v) is 5.17. The Hall–Kier alpha value is -0.650. The summed E-state index contributed by atoms with van der Waals surface area (Å²) in [6, 6.07) is 0. The van der Waals surface area contributed by atoms with Gasteiger partial charge < -0.3 is 15.0 Å². The fourth-order valence-corrected chi connectivity index (χ4v) is 3.79. The second-order valence-corrected chi connectivity index (χ2v) is 6.52. The largest absolute Gasteiger partial charge is 0.385 e. The van der Waals surface area contributed by atoms with Gasteiger partial charge in [-0.05, 0) is 32.1 Å². The van der Waals surface area contributed by atoms with Crippen molar-refractivity contribution in [3.8, 4) is 0 Å². The Morgan fingerprint density at radius 2 is 1.76 bits per heavy atom. The van der Waals surface area contributed by atoms with E-state index in [4.69, 9.17) is 20.0 Å². The molecule has 0 aromatic carbocycles. The van der Waals surface area contributed by atoms with Crippen LogP contribution >= 0.6 is 12.4 Å². The summed E-state index contributed by atoms with van der Waals surface area (Å²) in [6.45, 7) is 0.742. The van der Waals surface area contributed by atoms with E-state index in [1.165, 1.54) is 12.8 Å². The van der Waals surface area contributed by atoms with Crippen LogP contribution in [0.1, 0.15) is 69.5 Å². The molecule has 0 atom stereocenters. The Morgan fingerprint density at radius 1 is 1.14 bits per heavy atom. The molecule has 1 heterocycles. The van der Waals surface area contributed by atoms with Crippen molar-refractivity contribution in [2.24, 2.45) is 5.73 Å². The number of hydrogen-bond donors (Lipinski definition) is 1. The minimum atomic E-state index is -0.358. The molecule has 2 aliphatic rings. The zero-order chi connectivity index (χ0) is 14.1. The highest BCUT2D eigenvalue weighted by Gasteiger charge is 2.43. The summed E-state index contributed by atoms with van der Waals surface area (Å²) in [4.78, 5) is 4.71. The second-order valence-electron chi connectivity index (χ2n) is 6.52. The van der Waals surface area contributed by atoms with Gasteiger partial charge in [-0.3, -0.25) is 0 Å². The van der Waals surface area contributed by atoms with Gasteiger partial charge in [0.15, 0.2) is 5.82 Å². The highest BCUT2D eigenvalue weighted by molar-refractivity contribution is 5.85. The number of ether oxygens (including phenoxy) is 1. The van der Waals surface area contributed by atoms with Crippen molar-refractivity contribution < 1.29 is 9.26 Å². The molecule has 2 N–H and O–H groups in total. The maximum Gasteiger partial charge on any atom is 0.233 e. The quantitative estimate of drug-likeness (QED) is 0.904. The van der Waals surface area contributed by atoms with Crippen molar-refractivity contribution >= 4 is 12.4 Å². The van der Waals surface area contributed by atoms with E-state index >= 15 is 0 Å². The van der Waals surface area contributed by atoms with E-state index in [9.17, 15) is 0 Å². The van der Waals surface area contributed by atoms with Crippen molar-refractivity contribution in [1.82, 2.24) is 10.1 Å². The van der Waals surface area contributed by atoms with Gasteiger partial charge in [0.05, 0.1) is 11.0 Å². The molecule has 21 heavy (non-hydrogen) atoms. The first-order valence-electron chi connectivity index (χ1n) is 7.81. The van der Waals surface area contributed by atoms with Crippen molar-refractivity contribution in [1.29, 1.82) is 0 Å². The predicted octanol–water partition coefficient (Wildman–Crippen LogP) is 3.07. The topological polar surface area (TPSA) is 74.2 Å². The van der Waals surface area contributed by atoms with Crippen LogP contribution in [-0.2, 0) is 15.7 Å². The highest BCUT2D eigenvalue weighted by Crippen LogP contribution is 2.44. The molecule has 6 heteroatoms. The molecule has 0 radical (unpaired) electrons. The molecule has 0 spiro atoms. The second kappa shape index (κ2) is 6.63. The van der Waals surface area contributed by atoms with Crippen LogP contribution in [0.5, 0.6) is 0 Å². The molecule has 5 nitrogen and oxygen atoms in total. The van der Waals surface area contributed by atoms with Crippen LogP contribution in [0.3, 0.4) is 0 Å². The summed E-state index contributed by atoms with van der Waals surface area (Å²) in [7, 11) is 1.75. The highest BCUT2D eigenvalue weighted by atomic mass is 35.5. The van der Waals surface area contributed by atoms with Gasteiger partial charge in [0.2, 0.25) is 5.89 Å². The molecule has 0 amide bonds. The molecule has 0 aliphatic heterocycles. The number of rotatable bonds is 5. The Kier molecular flexibility index (Phi) is 5.28. The average molecular weight is 316 g/mol. The number of hydrogen-bond acceptors (Lipinski definition) is 5. The Morgan fingerprint density at radius 3 is 2.38 bits per heavy atom. The van der Waals surface area contributed by atoms with Gasteiger partial charge in [0.25, 0.3) is 0 Å². The van der Waals surface area contributed by atoms with Crippen molar-refractivity contribution in [2.45, 2.75) is 68.7 Å². The lowest BCUT2D eigenvalue weighted by Gasteiger charge is -2.24. The van der Waals surface area contributed by atoms with Crippen LogP contribution in [0.4, 0.5) is 0 Å². The summed E-state index contributed by atoms with van der Waals surface area (Å²) in [6.07, 6.45) is 9.93. The van der Waals surface area contributed by atoms with E-state index in [0.29, 0.717) is 5.82 Å². The summed E-state index contributed by atoms with van der Waals surface area (Å²) in [5.74, 6) is 1.51. The molecule has 3 rings (SSSR count). The van der Waals surface area contributed by atoms with Gasteiger partial charge in [0, 0.05) is 13.7 Å². The van der Waals surface area contributed by atoms with Gasteiger partial charge in [-0.25, -0.2) is 0 Å². The lowest BCUT2D eigenvalue weighted by atomic mass is 9.82. The average Bonchev–Trinajstić information content (AvgIpc) is 3.17. The molecule has 1 aromatic rings. The van der Waals surface area contributed by atoms with Crippen LogP contribution in [0.15, 0.2) is 4.52 Å². The van der Waals surface area contributed by atoms with Gasteiger partial charge >= 0.3 is 0 Å². The lowest BCUT2D eigenvalue weighted by molar-refractivity contribution is 0.152. The number of nitrogens with two attached hydrogens (primary N) is 1. The normalized spacial score (nSPS) is 23.1. The maximum absolute atomic E-state index is 6.43. The van der Waals surface area contributed by atoms with Crippen molar-refractivity contribution in [2.75, 3.05) is 13.7 Å². The third-order valence-electron chi connectivity index (χ3n) is 5.17. The summed E-state index contributed by atoms with van der Waals surface area (Å²) >= 11 is 0. The standard InChI is InChI=1S/C15H25N3O2.ClH/c1-19-11-10-14(6-2-3-7-14)13-17-12(18-20-13)15(16)8-4-5-9-15;/h2-11,16H2,1H3;1H. The molecule has 120 valence electrons. The van der Waals surface area contributed by atoms with Crippen LogP contribution in [-0.4, -0.2) is 23.9 Å². The predicted molar refractivity (Wildman–Crippen MR) is 82.5 cm³/mol. The Balaban J connectivity index is 0.00000161. The first kappa shape index (κ1) is 16.7. The summed E-state index contributed by atoms with van der Waals surface area (Å²) < 4.78 is 10.9. The van der Waals surface area contributed by atoms with Crippen LogP contribution in [0.2, 0.25) is 0 Å². The van der Waals surface area contributed by atoms with E-state index in [0.717, 1.165) is 57.4 Å². The van der Waals surface area contributed by atoms with E-state index in [-0.39, 0.29) is 23.4 Å². The molecular weight excluding hydrogens is 290 g/mol. The number of nitrogens with zero attached hydrogens (tertiary/aromatic N) is 2. The number of halogens is 1. The molecular formula is C15H26ClN3O2. The van der Waals surface area contributed by atoms with E-state index in [1.54, 1.807) is 7.11 Å². The molecule has 2 aliphatic carbocycles. The summed E-state index contributed by atoms with van der Waals surface area (Å²) in [5.41, 5.74) is 6.09. The minimum absolute atomic E-state index is 0. The Labute approximate surface area is 132 Å². The summed E-state index contributed by atoms with van der Waals surface area (Å²) in [5, 5.41) is 4.22. The number of aromatic nitrogens is 2. The smallest absolute Gasteiger partial charge is 0.233 e. The van der Waals surface area contributed by atoms with Gasteiger partial charge in [-0.15, -0.1) is 12.4 Å². The van der Waals surface area contributed by atoms with Crippen molar-refractivity contribution in [3.63, 3.8) is 0 Å². The maximum atomic E-state index is 6.43. The van der Waals surface area contributed by atoms with Crippen molar-refractivity contribution in [3.05, 3.63) is 11.7 Å². The van der Waals surface area contributed by atoms with Crippen LogP contribution < -0.4 is 5.73 Å². The first-order chi connectivity index (χ1) is 9.69.